The molecule has 60 valence electrons. The van der Waals surface area contributed by atoms with Gasteiger partial charge in [-0.15, -0.1) is 0 Å². The fourth-order valence-corrected chi connectivity index (χ4v) is 0.935. The quantitative estimate of drug-likeness (QED) is 0.679. The van der Waals surface area contributed by atoms with Crippen molar-refractivity contribution in [3.8, 4) is 0 Å². The molecule has 1 rings (SSSR count). The molecule has 0 aliphatic heterocycles. The van der Waals surface area contributed by atoms with Gasteiger partial charge in [0.15, 0.2) is 0 Å². The van der Waals surface area contributed by atoms with Crippen LogP contribution in [0.15, 0.2) is 12.3 Å². The van der Waals surface area contributed by atoms with Crippen LogP contribution < -0.4 is 0 Å². The topological polar surface area (TPSA) is 55.1 Å². The van der Waals surface area contributed by atoms with E-state index in [0.717, 1.165) is 5.69 Å². The third-order valence-electron chi connectivity index (χ3n) is 1.67. The van der Waals surface area contributed by atoms with Crippen molar-refractivity contribution in [2.24, 2.45) is 7.05 Å². The second-order valence-electron chi connectivity index (χ2n) is 2.44. The molecule has 4 nitrogen and oxygen atoms in total. The Morgan fingerprint density at radius 2 is 2.45 bits per heavy atom. The monoisotopic (exact) mass is 154 g/mol. The molecule has 1 aromatic rings. The van der Waals surface area contributed by atoms with Crippen LogP contribution in [-0.4, -0.2) is 20.9 Å². The molecular formula is C7H10N2O2. The molecule has 1 heterocycles. The molecule has 0 bridgehead atoms. The number of hydrogen-bond acceptors (Lipinski definition) is 2. The van der Waals surface area contributed by atoms with Crippen LogP contribution >= 0.6 is 0 Å². The number of aromatic nitrogens is 2. The minimum Gasteiger partial charge on any atom is -0.481 e. The van der Waals surface area contributed by atoms with Crippen LogP contribution in [0.2, 0.25) is 0 Å². The van der Waals surface area contributed by atoms with Gasteiger partial charge in [0.25, 0.3) is 0 Å². The molecule has 1 unspecified atom stereocenters. The summed E-state index contributed by atoms with van der Waals surface area (Å²) in [5, 5.41) is 12.5. The van der Waals surface area contributed by atoms with Gasteiger partial charge in [-0.25, -0.2) is 0 Å². The van der Waals surface area contributed by atoms with Crippen molar-refractivity contribution >= 4 is 5.97 Å². The molecule has 0 spiro atoms. The maximum atomic E-state index is 10.5. The number of aliphatic carboxylic acids is 1. The lowest BCUT2D eigenvalue weighted by molar-refractivity contribution is -0.138. The molecule has 0 fully saturated rings. The number of carboxylic acids is 1. The smallest absolute Gasteiger partial charge is 0.312 e. The van der Waals surface area contributed by atoms with Gasteiger partial charge in [-0.3, -0.25) is 9.48 Å². The average Bonchev–Trinajstić information content (AvgIpc) is 2.33. The van der Waals surface area contributed by atoms with Crippen LogP contribution in [0.4, 0.5) is 0 Å². The molecule has 0 radical (unpaired) electrons. The highest BCUT2D eigenvalue weighted by Crippen LogP contribution is 2.12. The number of nitrogens with zero attached hydrogens (tertiary/aromatic N) is 2. The summed E-state index contributed by atoms with van der Waals surface area (Å²) in [4.78, 5) is 10.5. The summed E-state index contributed by atoms with van der Waals surface area (Å²) in [6.45, 7) is 1.64. The lowest BCUT2D eigenvalue weighted by Crippen LogP contribution is -2.11. The maximum Gasteiger partial charge on any atom is 0.312 e. The molecule has 0 saturated carbocycles. The first-order chi connectivity index (χ1) is 5.13. The van der Waals surface area contributed by atoms with E-state index in [-0.39, 0.29) is 0 Å². The summed E-state index contributed by atoms with van der Waals surface area (Å²) in [7, 11) is 1.73. The lowest BCUT2D eigenvalue weighted by Gasteiger charge is -2.04. The van der Waals surface area contributed by atoms with Crippen molar-refractivity contribution in [3.05, 3.63) is 18.0 Å². The molecule has 0 saturated heterocycles. The first-order valence-corrected chi connectivity index (χ1v) is 3.33. The van der Waals surface area contributed by atoms with Crippen molar-refractivity contribution in [1.82, 2.24) is 9.78 Å². The van der Waals surface area contributed by atoms with Crippen molar-refractivity contribution in [3.63, 3.8) is 0 Å². The summed E-state index contributed by atoms with van der Waals surface area (Å²) >= 11 is 0. The zero-order valence-electron chi connectivity index (χ0n) is 6.48. The Morgan fingerprint density at radius 1 is 1.82 bits per heavy atom. The standard InChI is InChI=1S/C7H10N2O2/c1-5(7(10)11)6-3-4-8-9(6)2/h3-5H,1-2H3,(H,10,11). The average molecular weight is 154 g/mol. The summed E-state index contributed by atoms with van der Waals surface area (Å²) in [5.74, 6) is -1.31. The molecule has 0 aliphatic rings. The van der Waals surface area contributed by atoms with Gasteiger partial charge in [-0.05, 0) is 13.0 Å². The zero-order valence-corrected chi connectivity index (χ0v) is 6.48. The Bertz CT molecular complexity index is 267. The Hall–Kier alpha value is -1.32. The van der Waals surface area contributed by atoms with Crippen molar-refractivity contribution in [1.29, 1.82) is 0 Å². The predicted octanol–water partition coefficient (Wildman–Crippen LogP) is 0.608. The molecule has 1 aromatic heterocycles. The molecule has 4 heteroatoms. The van der Waals surface area contributed by atoms with E-state index in [0.29, 0.717) is 0 Å². The van der Waals surface area contributed by atoms with Gasteiger partial charge >= 0.3 is 5.97 Å². The van der Waals surface area contributed by atoms with Gasteiger partial charge in [0.1, 0.15) is 0 Å². The number of hydrogen-bond donors (Lipinski definition) is 1. The molecule has 0 aliphatic carbocycles. The van der Waals surface area contributed by atoms with Crippen molar-refractivity contribution in [2.45, 2.75) is 12.8 Å². The van der Waals surface area contributed by atoms with Crippen molar-refractivity contribution < 1.29 is 9.90 Å². The second kappa shape index (κ2) is 2.74. The number of aryl methyl sites for hydroxylation is 1. The summed E-state index contributed by atoms with van der Waals surface area (Å²) < 4.78 is 1.57. The molecule has 0 aromatic carbocycles. The first kappa shape index (κ1) is 7.78. The van der Waals surface area contributed by atoms with Gasteiger partial charge in [0.05, 0.1) is 11.6 Å². The highest BCUT2D eigenvalue weighted by Gasteiger charge is 2.15. The Morgan fingerprint density at radius 3 is 2.82 bits per heavy atom. The fourth-order valence-electron chi connectivity index (χ4n) is 0.935. The van der Waals surface area contributed by atoms with E-state index in [4.69, 9.17) is 5.11 Å². The van der Waals surface area contributed by atoms with Crippen LogP contribution in [0.25, 0.3) is 0 Å². The lowest BCUT2D eigenvalue weighted by atomic mass is 10.1. The van der Waals surface area contributed by atoms with Crippen LogP contribution in [0.3, 0.4) is 0 Å². The van der Waals surface area contributed by atoms with Crippen LogP contribution in [0.1, 0.15) is 18.5 Å². The molecule has 1 atom stereocenters. The third-order valence-corrected chi connectivity index (χ3v) is 1.67. The molecular weight excluding hydrogens is 144 g/mol. The molecule has 0 amide bonds. The minimum absolute atomic E-state index is 0.484. The number of carboxylic acid groups (broad SMARTS) is 1. The van der Waals surface area contributed by atoms with E-state index >= 15 is 0 Å². The highest BCUT2D eigenvalue weighted by molar-refractivity contribution is 5.74. The van der Waals surface area contributed by atoms with E-state index in [1.54, 1.807) is 30.9 Å². The van der Waals surface area contributed by atoms with Crippen molar-refractivity contribution in [2.75, 3.05) is 0 Å². The third kappa shape index (κ3) is 1.39. The van der Waals surface area contributed by atoms with E-state index in [2.05, 4.69) is 5.10 Å². The normalized spacial score (nSPS) is 12.9. The summed E-state index contributed by atoms with van der Waals surface area (Å²) in [6, 6.07) is 1.71. The first-order valence-electron chi connectivity index (χ1n) is 3.33. The van der Waals surface area contributed by atoms with E-state index in [1.807, 2.05) is 0 Å². The van der Waals surface area contributed by atoms with E-state index < -0.39 is 11.9 Å². The largest absolute Gasteiger partial charge is 0.481 e. The van der Waals surface area contributed by atoms with Crippen LogP contribution in [0.5, 0.6) is 0 Å². The number of carbonyl (C=O) groups is 1. The predicted molar refractivity (Wildman–Crippen MR) is 39.3 cm³/mol. The minimum atomic E-state index is -0.825. The zero-order chi connectivity index (χ0) is 8.43. The van der Waals surface area contributed by atoms with Gasteiger partial charge in [0, 0.05) is 13.2 Å². The van der Waals surface area contributed by atoms with Gasteiger partial charge in [-0.1, -0.05) is 0 Å². The van der Waals surface area contributed by atoms with Gasteiger partial charge < -0.3 is 5.11 Å². The second-order valence-corrected chi connectivity index (χ2v) is 2.44. The maximum absolute atomic E-state index is 10.5. The Labute approximate surface area is 64.5 Å². The van der Waals surface area contributed by atoms with Gasteiger partial charge in [0.2, 0.25) is 0 Å². The highest BCUT2D eigenvalue weighted by atomic mass is 16.4. The van der Waals surface area contributed by atoms with Gasteiger partial charge in [-0.2, -0.15) is 5.10 Å². The molecule has 11 heavy (non-hydrogen) atoms. The van der Waals surface area contributed by atoms with Crippen LogP contribution in [0, 0.1) is 0 Å². The van der Waals surface area contributed by atoms with E-state index in [1.165, 1.54) is 0 Å². The molecule has 1 N–H and O–H groups in total. The Balaban J connectivity index is 2.92. The summed E-state index contributed by atoms with van der Waals surface area (Å²) in [6.07, 6.45) is 1.59. The van der Waals surface area contributed by atoms with E-state index in [9.17, 15) is 4.79 Å². The fraction of sp³-hybridized carbons (Fsp3) is 0.429. The Kier molecular flexibility index (Phi) is 1.94. The van der Waals surface area contributed by atoms with Crippen LogP contribution in [-0.2, 0) is 11.8 Å². The summed E-state index contributed by atoms with van der Waals surface area (Å²) in [5.41, 5.74) is 0.720. The number of rotatable bonds is 2. The SMILES string of the molecule is CC(C(=O)O)c1ccnn1C.